The van der Waals surface area contributed by atoms with Crippen molar-refractivity contribution in [2.75, 3.05) is 26.9 Å². The summed E-state index contributed by atoms with van der Waals surface area (Å²) in [5.74, 6) is 1.76. The van der Waals surface area contributed by atoms with Crippen LogP contribution in [0, 0.1) is 0 Å². The quantitative estimate of drug-likeness (QED) is 0.548. The normalized spacial score (nSPS) is 17.4. The van der Waals surface area contributed by atoms with Gasteiger partial charge >= 0.3 is 0 Å². The summed E-state index contributed by atoms with van der Waals surface area (Å²) in [6.45, 7) is 2.93. The lowest BCUT2D eigenvalue weighted by Crippen LogP contribution is -2.22. The van der Waals surface area contributed by atoms with E-state index in [1.807, 2.05) is 12.1 Å². The third-order valence-corrected chi connectivity index (χ3v) is 5.42. The Kier molecular flexibility index (Phi) is 5.76. The first-order valence-electron chi connectivity index (χ1n) is 9.01. The Morgan fingerprint density at radius 2 is 2.30 bits per heavy atom. The van der Waals surface area contributed by atoms with Crippen LogP contribution in [0.15, 0.2) is 40.4 Å². The Balaban J connectivity index is 1.47. The SMILES string of the molecule is COCCOc1cc(-c2noc([C@@H]3CCCN3Cc3cccs3)n2)ccn1. The lowest BCUT2D eigenvalue weighted by Gasteiger charge is -2.20. The fourth-order valence-corrected chi connectivity index (χ4v) is 3.97. The van der Waals surface area contributed by atoms with Crippen LogP contribution in [0.4, 0.5) is 0 Å². The van der Waals surface area contributed by atoms with Crippen molar-refractivity contribution in [3.8, 4) is 17.3 Å². The molecule has 0 radical (unpaired) electrons. The summed E-state index contributed by atoms with van der Waals surface area (Å²) in [6.07, 6.45) is 3.86. The molecule has 1 aliphatic rings. The summed E-state index contributed by atoms with van der Waals surface area (Å²) in [5.41, 5.74) is 0.829. The highest BCUT2D eigenvalue weighted by atomic mass is 32.1. The van der Waals surface area contributed by atoms with Crippen LogP contribution in [-0.2, 0) is 11.3 Å². The van der Waals surface area contributed by atoms with E-state index in [0.29, 0.717) is 30.8 Å². The zero-order valence-electron chi connectivity index (χ0n) is 15.2. The van der Waals surface area contributed by atoms with Gasteiger partial charge in [0.25, 0.3) is 0 Å². The number of nitrogens with zero attached hydrogens (tertiary/aromatic N) is 4. The Morgan fingerprint density at radius 3 is 3.15 bits per heavy atom. The third kappa shape index (κ3) is 4.35. The summed E-state index contributed by atoms with van der Waals surface area (Å²) in [5, 5.41) is 6.29. The molecule has 27 heavy (non-hydrogen) atoms. The molecule has 3 aromatic rings. The van der Waals surface area contributed by atoms with Crippen LogP contribution in [0.3, 0.4) is 0 Å². The molecule has 0 aromatic carbocycles. The second-order valence-electron chi connectivity index (χ2n) is 6.39. The van der Waals surface area contributed by atoms with Crippen LogP contribution in [0.2, 0.25) is 0 Å². The first-order chi connectivity index (χ1) is 13.3. The summed E-state index contributed by atoms with van der Waals surface area (Å²) in [7, 11) is 1.64. The van der Waals surface area contributed by atoms with Crippen LogP contribution in [0.1, 0.15) is 29.7 Å². The highest BCUT2D eigenvalue weighted by Gasteiger charge is 2.31. The van der Waals surface area contributed by atoms with Crippen LogP contribution in [0.5, 0.6) is 5.88 Å². The fourth-order valence-electron chi connectivity index (χ4n) is 3.24. The average Bonchev–Trinajstić information content (AvgIpc) is 3.44. The van der Waals surface area contributed by atoms with Gasteiger partial charge in [0, 0.05) is 36.4 Å². The van der Waals surface area contributed by atoms with E-state index in [9.17, 15) is 0 Å². The van der Waals surface area contributed by atoms with Gasteiger partial charge in [0.1, 0.15) is 6.61 Å². The molecule has 1 atom stereocenters. The summed E-state index contributed by atoms with van der Waals surface area (Å²) < 4.78 is 16.2. The molecule has 0 aliphatic carbocycles. The average molecular weight is 386 g/mol. The maximum Gasteiger partial charge on any atom is 0.244 e. The van der Waals surface area contributed by atoms with Crippen molar-refractivity contribution >= 4 is 11.3 Å². The first-order valence-corrected chi connectivity index (χ1v) is 9.89. The number of ether oxygens (including phenoxy) is 2. The minimum atomic E-state index is 0.174. The molecule has 1 saturated heterocycles. The molecule has 0 saturated carbocycles. The topological polar surface area (TPSA) is 73.5 Å². The number of thiophene rings is 1. The standard InChI is InChI=1S/C19H22N4O3S/c1-24-9-10-25-17-12-14(6-7-20-17)18-21-19(26-22-18)16-5-2-8-23(16)13-15-4-3-11-27-15/h3-4,6-7,11-12,16H,2,5,8-10,13H2,1H3/t16-/m0/s1. The molecule has 4 heterocycles. The minimum Gasteiger partial charge on any atom is -0.475 e. The Morgan fingerprint density at radius 1 is 1.33 bits per heavy atom. The van der Waals surface area contributed by atoms with Gasteiger partial charge in [0.15, 0.2) is 0 Å². The summed E-state index contributed by atoms with van der Waals surface area (Å²) in [4.78, 5) is 12.6. The largest absolute Gasteiger partial charge is 0.475 e. The van der Waals surface area contributed by atoms with Crippen molar-refractivity contribution < 1.29 is 14.0 Å². The van der Waals surface area contributed by atoms with E-state index in [1.54, 1.807) is 24.6 Å². The van der Waals surface area contributed by atoms with E-state index in [-0.39, 0.29) is 6.04 Å². The third-order valence-electron chi connectivity index (χ3n) is 4.56. The van der Waals surface area contributed by atoms with Gasteiger partial charge in [-0.1, -0.05) is 11.2 Å². The maximum absolute atomic E-state index is 5.61. The van der Waals surface area contributed by atoms with E-state index in [4.69, 9.17) is 14.0 Å². The van der Waals surface area contributed by atoms with Crippen LogP contribution >= 0.6 is 11.3 Å². The Labute approximate surface area is 161 Å². The zero-order valence-corrected chi connectivity index (χ0v) is 16.0. The summed E-state index contributed by atoms with van der Waals surface area (Å²) in [6, 6.07) is 8.11. The number of methoxy groups -OCH3 is 1. The number of pyridine rings is 1. The van der Waals surface area contributed by atoms with Gasteiger partial charge in [-0.05, 0) is 36.9 Å². The van der Waals surface area contributed by atoms with Gasteiger partial charge in [-0.15, -0.1) is 11.3 Å². The number of rotatable bonds is 8. The number of aromatic nitrogens is 3. The smallest absolute Gasteiger partial charge is 0.244 e. The van der Waals surface area contributed by atoms with Gasteiger partial charge in [-0.25, -0.2) is 4.98 Å². The molecule has 0 bridgehead atoms. The van der Waals surface area contributed by atoms with Crippen LogP contribution < -0.4 is 4.74 Å². The van der Waals surface area contributed by atoms with Crippen LogP contribution in [-0.4, -0.2) is 46.9 Å². The lowest BCUT2D eigenvalue weighted by atomic mass is 10.2. The lowest BCUT2D eigenvalue weighted by molar-refractivity contribution is 0.144. The second kappa shape index (κ2) is 8.60. The van der Waals surface area contributed by atoms with E-state index < -0.39 is 0 Å². The van der Waals surface area contributed by atoms with Crippen LogP contribution in [0.25, 0.3) is 11.4 Å². The van der Waals surface area contributed by atoms with E-state index in [1.165, 1.54) is 4.88 Å². The maximum atomic E-state index is 5.61. The van der Waals surface area contributed by atoms with Crippen molar-refractivity contribution in [3.05, 3.63) is 46.6 Å². The molecule has 7 nitrogen and oxygen atoms in total. The highest BCUT2D eigenvalue weighted by molar-refractivity contribution is 7.09. The molecule has 1 aliphatic heterocycles. The molecule has 3 aromatic heterocycles. The molecule has 0 amide bonds. The molecular weight excluding hydrogens is 364 g/mol. The van der Waals surface area contributed by atoms with Crippen molar-refractivity contribution in [1.82, 2.24) is 20.0 Å². The molecule has 4 rings (SSSR count). The fraction of sp³-hybridized carbons (Fsp3) is 0.421. The van der Waals surface area contributed by atoms with Gasteiger partial charge in [-0.2, -0.15) is 4.98 Å². The Bertz CT molecular complexity index is 852. The van der Waals surface area contributed by atoms with E-state index >= 15 is 0 Å². The van der Waals surface area contributed by atoms with E-state index in [2.05, 4.69) is 37.5 Å². The van der Waals surface area contributed by atoms with Crippen molar-refractivity contribution in [1.29, 1.82) is 0 Å². The molecule has 8 heteroatoms. The number of hydrogen-bond donors (Lipinski definition) is 0. The monoisotopic (exact) mass is 386 g/mol. The predicted molar refractivity (Wildman–Crippen MR) is 102 cm³/mol. The molecule has 0 unspecified atom stereocenters. The molecule has 0 spiro atoms. The van der Waals surface area contributed by atoms with Gasteiger partial charge in [0.2, 0.25) is 17.6 Å². The van der Waals surface area contributed by atoms with Crippen molar-refractivity contribution in [3.63, 3.8) is 0 Å². The highest BCUT2D eigenvalue weighted by Crippen LogP contribution is 2.34. The molecular formula is C19H22N4O3S. The van der Waals surface area contributed by atoms with Crippen molar-refractivity contribution in [2.24, 2.45) is 0 Å². The molecule has 142 valence electrons. The molecule has 1 fully saturated rings. The number of likely N-dealkylation sites (tertiary alicyclic amines) is 1. The second-order valence-corrected chi connectivity index (χ2v) is 7.42. The zero-order chi connectivity index (χ0) is 18.5. The van der Waals surface area contributed by atoms with E-state index in [0.717, 1.165) is 31.5 Å². The summed E-state index contributed by atoms with van der Waals surface area (Å²) >= 11 is 1.78. The molecule has 0 N–H and O–H groups in total. The first kappa shape index (κ1) is 18.1. The van der Waals surface area contributed by atoms with Gasteiger partial charge in [-0.3, -0.25) is 4.90 Å². The predicted octanol–water partition coefficient (Wildman–Crippen LogP) is 3.56. The van der Waals surface area contributed by atoms with Crippen molar-refractivity contribution in [2.45, 2.75) is 25.4 Å². The van der Waals surface area contributed by atoms with Gasteiger partial charge in [0.05, 0.1) is 12.6 Å². The Hall–Kier alpha value is -2.29. The minimum absolute atomic E-state index is 0.174. The van der Waals surface area contributed by atoms with Gasteiger partial charge < -0.3 is 14.0 Å². The number of hydrogen-bond acceptors (Lipinski definition) is 8.